The van der Waals surface area contributed by atoms with E-state index < -0.39 is 0 Å². The van der Waals surface area contributed by atoms with E-state index in [2.05, 4.69) is 58.7 Å². The third kappa shape index (κ3) is 11.4. The van der Waals surface area contributed by atoms with Gasteiger partial charge in [0, 0.05) is 12.6 Å². The SMILES string of the molecule is CC(C)CCN(CCC(C)C)C(C)CNCC(C)C. The summed E-state index contributed by atoms with van der Waals surface area (Å²) >= 11 is 0. The molecule has 0 aromatic heterocycles. The molecule has 1 atom stereocenters. The topological polar surface area (TPSA) is 15.3 Å². The lowest BCUT2D eigenvalue weighted by Gasteiger charge is -2.31. The van der Waals surface area contributed by atoms with Crippen LogP contribution in [0.3, 0.4) is 0 Å². The molecule has 2 heteroatoms. The Morgan fingerprint density at radius 1 is 0.684 bits per heavy atom. The van der Waals surface area contributed by atoms with Crippen molar-refractivity contribution in [2.45, 2.75) is 67.3 Å². The smallest absolute Gasteiger partial charge is 0.0192 e. The number of nitrogens with zero attached hydrogens (tertiary/aromatic N) is 1. The third-order valence-electron chi connectivity index (χ3n) is 3.60. The molecular formula is C17H38N2. The zero-order valence-corrected chi connectivity index (χ0v) is 14.5. The van der Waals surface area contributed by atoms with E-state index in [1.165, 1.54) is 25.9 Å². The molecule has 0 aromatic rings. The lowest BCUT2D eigenvalue weighted by molar-refractivity contribution is 0.183. The van der Waals surface area contributed by atoms with Crippen molar-refractivity contribution in [1.82, 2.24) is 10.2 Å². The molecule has 0 amide bonds. The first-order chi connectivity index (χ1) is 8.82. The molecule has 1 unspecified atom stereocenters. The molecule has 116 valence electrons. The van der Waals surface area contributed by atoms with Gasteiger partial charge in [-0.3, -0.25) is 4.90 Å². The van der Waals surface area contributed by atoms with Gasteiger partial charge in [0.05, 0.1) is 0 Å². The van der Waals surface area contributed by atoms with E-state index in [1.54, 1.807) is 0 Å². The number of nitrogens with one attached hydrogen (secondary N) is 1. The number of hydrogen-bond acceptors (Lipinski definition) is 2. The number of hydrogen-bond donors (Lipinski definition) is 1. The van der Waals surface area contributed by atoms with Crippen LogP contribution in [0.5, 0.6) is 0 Å². The lowest BCUT2D eigenvalue weighted by Crippen LogP contribution is -2.42. The highest BCUT2D eigenvalue weighted by atomic mass is 15.2. The maximum Gasteiger partial charge on any atom is 0.0192 e. The second-order valence-electron chi connectivity index (χ2n) is 7.30. The summed E-state index contributed by atoms with van der Waals surface area (Å²) in [5, 5.41) is 3.60. The second-order valence-corrected chi connectivity index (χ2v) is 7.30. The zero-order chi connectivity index (χ0) is 14.8. The Bertz CT molecular complexity index is 187. The highest BCUT2D eigenvalue weighted by Gasteiger charge is 2.14. The minimum absolute atomic E-state index is 0.649. The van der Waals surface area contributed by atoms with Crippen molar-refractivity contribution in [3.05, 3.63) is 0 Å². The van der Waals surface area contributed by atoms with Gasteiger partial charge in [-0.25, -0.2) is 0 Å². The third-order valence-corrected chi connectivity index (χ3v) is 3.60. The summed E-state index contributed by atoms with van der Waals surface area (Å²) in [4.78, 5) is 2.67. The van der Waals surface area contributed by atoms with Gasteiger partial charge in [-0.05, 0) is 57.2 Å². The van der Waals surface area contributed by atoms with Crippen LogP contribution in [0.25, 0.3) is 0 Å². The Kier molecular flexibility index (Phi) is 10.6. The van der Waals surface area contributed by atoms with E-state index in [1.807, 2.05) is 0 Å². The molecule has 2 nitrogen and oxygen atoms in total. The zero-order valence-electron chi connectivity index (χ0n) is 14.5. The molecule has 0 bridgehead atoms. The average Bonchev–Trinajstić information content (AvgIpc) is 2.27. The molecule has 1 N–H and O–H groups in total. The van der Waals surface area contributed by atoms with Crippen LogP contribution in [0.15, 0.2) is 0 Å². The van der Waals surface area contributed by atoms with Crippen molar-refractivity contribution in [2.24, 2.45) is 17.8 Å². The van der Waals surface area contributed by atoms with Crippen molar-refractivity contribution >= 4 is 0 Å². The molecule has 0 aliphatic heterocycles. The molecule has 0 rings (SSSR count). The van der Waals surface area contributed by atoms with Gasteiger partial charge in [0.15, 0.2) is 0 Å². The highest BCUT2D eigenvalue weighted by Crippen LogP contribution is 2.09. The first kappa shape index (κ1) is 18.9. The maximum absolute atomic E-state index is 3.60. The molecule has 0 saturated heterocycles. The first-order valence-electron chi connectivity index (χ1n) is 8.27. The van der Waals surface area contributed by atoms with Gasteiger partial charge in [0.1, 0.15) is 0 Å². The lowest BCUT2D eigenvalue weighted by atomic mass is 10.1. The Morgan fingerprint density at radius 3 is 1.53 bits per heavy atom. The fraction of sp³-hybridized carbons (Fsp3) is 1.00. The molecule has 0 aromatic carbocycles. The Morgan fingerprint density at radius 2 is 1.16 bits per heavy atom. The summed E-state index contributed by atoms with van der Waals surface area (Å²) in [6.07, 6.45) is 2.62. The van der Waals surface area contributed by atoms with Crippen molar-refractivity contribution < 1.29 is 0 Å². The molecule has 0 aliphatic rings. The summed E-state index contributed by atoms with van der Waals surface area (Å²) in [6.45, 7) is 20.9. The van der Waals surface area contributed by atoms with Crippen LogP contribution in [0.1, 0.15) is 61.3 Å². The normalized spacial score (nSPS) is 14.1. The van der Waals surface area contributed by atoms with E-state index in [0.717, 1.165) is 30.8 Å². The predicted octanol–water partition coefficient (Wildman–Crippen LogP) is 4.01. The van der Waals surface area contributed by atoms with Gasteiger partial charge in [0.25, 0.3) is 0 Å². The fourth-order valence-electron chi connectivity index (χ4n) is 2.11. The van der Waals surface area contributed by atoms with E-state index in [0.29, 0.717) is 6.04 Å². The van der Waals surface area contributed by atoms with E-state index >= 15 is 0 Å². The molecule has 0 spiro atoms. The Balaban J connectivity index is 4.11. The fourth-order valence-corrected chi connectivity index (χ4v) is 2.11. The number of rotatable bonds is 11. The standard InChI is InChI=1S/C17H38N2/c1-14(2)8-10-19(11-9-15(3)4)17(7)13-18-12-16(5)6/h14-18H,8-13H2,1-7H3. The average molecular weight is 271 g/mol. The van der Waals surface area contributed by atoms with Gasteiger partial charge in [-0.15, -0.1) is 0 Å². The minimum atomic E-state index is 0.649. The van der Waals surface area contributed by atoms with Crippen LogP contribution in [-0.4, -0.2) is 37.1 Å². The van der Waals surface area contributed by atoms with Crippen LogP contribution in [0.2, 0.25) is 0 Å². The van der Waals surface area contributed by atoms with Gasteiger partial charge in [-0.1, -0.05) is 41.5 Å². The van der Waals surface area contributed by atoms with Crippen LogP contribution in [0.4, 0.5) is 0 Å². The highest BCUT2D eigenvalue weighted by molar-refractivity contribution is 4.71. The van der Waals surface area contributed by atoms with Crippen molar-refractivity contribution in [1.29, 1.82) is 0 Å². The Hall–Kier alpha value is -0.0800. The molecule has 0 aliphatic carbocycles. The van der Waals surface area contributed by atoms with Gasteiger partial charge >= 0.3 is 0 Å². The molecule has 0 saturated carbocycles. The summed E-state index contributed by atoms with van der Waals surface area (Å²) in [7, 11) is 0. The van der Waals surface area contributed by atoms with E-state index in [4.69, 9.17) is 0 Å². The molecule has 0 radical (unpaired) electrons. The molecule has 0 heterocycles. The summed E-state index contributed by atoms with van der Waals surface area (Å²) < 4.78 is 0. The van der Waals surface area contributed by atoms with E-state index in [9.17, 15) is 0 Å². The summed E-state index contributed by atoms with van der Waals surface area (Å²) in [5.74, 6) is 2.35. The molecule has 19 heavy (non-hydrogen) atoms. The van der Waals surface area contributed by atoms with Crippen molar-refractivity contribution in [3.8, 4) is 0 Å². The molecular weight excluding hydrogens is 232 g/mol. The largest absolute Gasteiger partial charge is 0.315 e. The van der Waals surface area contributed by atoms with Gasteiger partial charge in [0.2, 0.25) is 0 Å². The van der Waals surface area contributed by atoms with Crippen molar-refractivity contribution in [2.75, 3.05) is 26.2 Å². The first-order valence-corrected chi connectivity index (χ1v) is 8.27. The van der Waals surface area contributed by atoms with Crippen LogP contribution >= 0.6 is 0 Å². The maximum atomic E-state index is 3.60. The van der Waals surface area contributed by atoms with Crippen LogP contribution in [-0.2, 0) is 0 Å². The minimum Gasteiger partial charge on any atom is -0.315 e. The second kappa shape index (κ2) is 10.7. The van der Waals surface area contributed by atoms with Crippen LogP contribution in [0, 0.1) is 17.8 Å². The van der Waals surface area contributed by atoms with Crippen molar-refractivity contribution in [3.63, 3.8) is 0 Å². The quantitative estimate of drug-likeness (QED) is 0.610. The Labute approximate surface area is 122 Å². The predicted molar refractivity (Wildman–Crippen MR) is 87.7 cm³/mol. The molecule has 0 fully saturated rings. The van der Waals surface area contributed by atoms with Crippen LogP contribution < -0.4 is 5.32 Å². The van der Waals surface area contributed by atoms with E-state index in [-0.39, 0.29) is 0 Å². The monoisotopic (exact) mass is 270 g/mol. The summed E-state index contributed by atoms with van der Waals surface area (Å²) in [6, 6.07) is 0.649. The van der Waals surface area contributed by atoms with Gasteiger partial charge in [-0.2, -0.15) is 0 Å². The van der Waals surface area contributed by atoms with Gasteiger partial charge < -0.3 is 5.32 Å². The summed E-state index contributed by atoms with van der Waals surface area (Å²) in [5.41, 5.74) is 0.